The summed E-state index contributed by atoms with van der Waals surface area (Å²) in [7, 11) is 1.70. The van der Waals surface area contributed by atoms with E-state index in [4.69, 9.17) is 9.47 Å². The number of hydrogen-bond donors (Lipinski definition) is 1. The maximum absolute atomic E-state index is 5.38. The van der Waals surface area contributed by atoms with E-state index >= 15 is 0 Å². The van der Waals surface area contributed by atoms with Crippen LogP contribution in [0, 0.1) is 5.92 Å². The molecule has 0 unspecified atom stereocenters. The lowest BCUT2D eigenvalue weighted by Gasteiger charge is -2.21. The number of rotatable bonds is 8. The molecule has 3 nitrogen and oxygen atoms in total. The van der Waals surface area contributed by atoms with Crippen LogP contribution < -0.4 is 5.32 Å². The van der Waals surface area contributed by atoms with Crippen molar-refractivity contribution in [1.29, 1.82) is 0 Å². The molecule has 0 aromatic heterocycles. The molecule has 1 N–H and O–H groups in total. The van der Waals surface area contributed by atoms with Crippen molar-refractivity contribution in [3.05, 3.63) is 0 Å². The number of ether oxygens (including phenoxy) is 2. The standard InChI is InChI=1S/C12H25NO2/c1-14-9-10-15-8-7-13-11-12-5-3-2-4-6-12/h12-13H,2-11H2,1H3. The first-order valence-electron chi connectivity index (χ1n) is 6.21. The van der Waals surface area contributed by atoms with E-state index in [9.17, 15) is 0 Å². The number of nitrogens with one attached hydrogen (secondary N) is 1. The van der Waals surface area contributed by atoms with Gasteiger partial charge in [-0.1, -0.05) is 19.3 Å². The molecule has 1 fully saturated rings. The molecule has 0 aromatic rings. The van der Waals surface area contributed by atoms with E-state index in [1.807, 2.05) is 0 Å². The quantitative estimate of drug-likeness (QED) is 0.627. The van der Waals surface area contributed by atoms with Crippen molar-refractivity contribution in [1.82, 2.24) is 5.32 Å². The fraction of sp³-hybridized carbons (Fsp3) is 1.00. The van der Waals surface area contributed by atoms with E-state index in [0.29, 0.717) is 13.2 Å². The molecule has 0 aromatic carbocycles. The Labute approximate surface area is 93.5 Å². The van der Waals surface area contributed by atoms with Gasteiger partial charge in [0.2, 0.25) is 0 Å². The predicted octanol–water partition coefficient (Wildman–Crippen LogP) is 1.82. The van der Waals surface area contributed by atoms with Crippen LogP contribution in [0.2, 0.25) is 0 Å². The Morgan fingerprint density at radius 3 is 2.60 bits per heavy atom. The van der Waals surface area contributed by atoms with Crippen molar-refractivity contribution in [3.63, 3.8) is 0 Å². The van der Waals surface area contributed by atoms with Crippen molar-refractivity contribution >= 4 is 0 Å². The zero-order valence-electron chi connectivity index (χ0n) is 9.96. The third-order valence-electron chi connectivity index (χ3n) is 3.01. The van der Waals surface area contributed by atoms with Crippen LogP contribution in [0.5, 0.6) is 0 Å². The molecule has 0 radical (unpaired) electrons. The van der Waals surface area contributed by atoms with Crippen molar-refractivity contribution in [2.24, 2.45) is 5.92 Å². The Bertz CT molecular complexity index is 136. The Hall–Kier alpha value is -0.120. The van der Waals surface area contributed by atoms with E-state index in [-0.39, 0.29) is 0 Å². The van der Waals surface area contributed by atoms with E-state index < -0.39 is 0 Å². The molecule has 1 aliphatic rings. The van der Waals surface area contributed by atoms with E-state index in [0.717, 1.165) is 19.1 Å². The van der Waals surface area contributed by atoms with Crippen LogP contribution in [0.25, 0.3) is 0 Å². The lowest BCUT2D eigenvalue weighted by Crippen LogP contribution is -2.27. The summed E-state index contributed by atoms with van der Waals surface area (Å²) in [6, 6.07) is 0. The Balaban J connectivity index is 1.79. The molecule has 0 saturated heterocycles. The van der Waals surface area contributed by atoms with Crippen molar-refractivity contribution in [2.45, 2.75) is 32.1 Å². The second-order valence-electron chi connectivity index (χ2n) is 4.31. The minimum Gasteiger partial charge on any atom is -0.382 e. The largest absolute Gasteiger partial charge is 0.382 e. The zero-order chi connectivity index (χ0) is 10.8. The van der Waals surface area contributed by atoms with Gasteiger partial charge >= 0.3 is 0 Å². The Kier molecular flexibility index (Phi) is 7.88. The van der Waals surface area contributed by atoms with Crippen LogP contribution in [0.15, 0.2) is 0 Å². The second kappa shape index (κ2) is 9.13. The maximum Gasteiger partial charge on any atom is 0.0700 e. The average Bonchev–Trinajstić information content (AvgIpc) is 2.29. The van der Waals surface area contributed by atoms with Crippen LogP contribution in [-0.4, -0.2) is 40.0 Å². The van der Waals surface area contributed by atoms with E-state index in [1.54, 1.807) is 7.11 Å². The highest BCUT2D eigenvalue weighted by molar-refractivity contribution is 4.67. The molecule has 1 saturated carbocycles. The molecule has 0 amide bonds. The summed E-state index contributed by atoms with van der Waals surface area (Å²) in [4.78, 5) is 0. The summed E-state index contributed by atoms with van der Waals surface area (Å²) < 4.78 is 10.3. The summed E-state index contributed by atoms with van der Waals surface area (Å²) in [5.41, 5.74) is 0. The van der Waals surface area contributed by atoms with Gasteiger partial charge in [-0.05, 0) is 25.3 Å². The second-order valence-corrected chi connectivity index (χ2v) is 4.31. The Morgan fingerprint density at radius 1 is 1.07 bits per heavy atom. The molecule has 3 heteroatoms. The molecule has 0 bridgehead atoms. The molecule has 1 aliphatic carbocycles. The fourth-order valence-corrected chi connectivity index (χ4v) is 2.09. The van der Waals surface area contributed by atoms with Gasteiger partial charge in [-0.25, -0.2) is 0 Å². The van der Waals surface area contributed by atoms with E-state index in [1.165, 1.54) is 38.6 Å². The normalized spacial score (nSPS) is 18.2. The van der Waals surface area contributed by atoms with Gasteiger partial charge in [-0.3, -0.25) is 0 Å². The van der Waals surface area contributed by atoms with Crippen LogP contribution in [0.4, 0.5) is 0 Å². The van der Waals surface area contributed by atoms with Crippen LogP contribution in [0.1, 0.15) is 32.1 Å². The molecule has 0 atom stereocenters. The smallest absolute Gasteiger partial charge is 0.0700 e. The first-order chi connectivity index (χ1) is 7.43. The van der Waals surface area contributed by atoms with Gasteiger partial charge in [0.1, 0.15) is 0 Å². The van der Waals surface area contributed by atoms with Crippen molar-refractivity contribution in [2.75, 3.05) is 40.0 Å². The molecule has 90 valence electrons. The molecule has 0 heterocycles. The predicted molar refractivity (Wildman–Crippen MR) is 62.1 cm³/mol. The monoisotopic (exact) mass is 215 g/mol. The summed E-state index contributed by atoms with van der Waals surface area (Å²) >= 11 is 0. The minimum atomic E-state index is 0.697. The van der Waals surface area contributed by atoms with E-state index in [2.05, 4.69) is 5.32 Å². The molecular weight excluding hydrogens is 190 g/mol. The molecule has 1 rings (SSSR count). The first-order valence-corrected chi connectivity index (χ1v) is 6.21. The van der Waals surface area contributed by atoms with Gasteiger partial charge in [0.15, 0.2) is 0 Å². The Morgan fingerprint density at radius 2 is 1.87 bits per heavy atom. The molecule has 0 spiro atoms. The minimum absolute atomic E-state index is 0.697. The fourth-order valence-electron chi connectivity index (χ4n) is 2.09. The highest BCUT2D eigenvalue weighted by Crippen LogP contribution is 2.22. The SMILES string of the molecule is COCCOCCNCC1CCCCC1. The first kappa shape index (κ1) is 12.9. The van der Waals surface area contributed by atoms with Gasteiger partial charge in [0, 0.05) is 13.7 Å². The van der Waals surface area contributed by atoms with Gasteiger partial charge < -0.3 is 14.8 Å². The van der Waals surface area contributed by atoms with Crippen LogP contribution >= 0.6 is 0 Å². The van der Waals surface area contributed by atoms with Gasteiger partial charge in [-0.2, -0.15) is 0 Å². The van der Waals surface area contributed by atoms with Gasteiger partial charge in [0.05, 0.1) is 19.8 Å². The lowest BCUT2D eigenvalue weighted by molar-refractivity contribution is 0.0715. The molecular formula is C12H25NO2. The maximum atomic E-state index is 5.38. The highest BCUT2D eigenvalue weighted by Gasteiger charge is 2.11. The summed E-state index contributed by atoms with van der Waals surface area (Å²) in [6.07, 6.45) is 7.12. The van der Waals surface area contributed by atoms with Gasteiger partial charge in [0.25, 0.3) is 0 Å². The molecule has 0 aliphatic heterocycles. The van der Waals surface area contributed by atoms with Crippen LogP contribution in [-0.2, 0) is 9.47 Å². The van der Waals surface area contributed by atoms with Gasteiger partial charge in [-0.15, -0.1) is 0 Å². The topological polar surface area (TPSA) is 30.5 Å². The summed E-state index contributed by atoms with van der Waals surface area (Å²) in [6.45, 7) is 4.36. The van der Waals surface area contributed by atoms with Crippen molar-refractivity contribution in [3.8, 4) is 0 Å². The lowest BCUT2D eigenvalue weighted by atomic mass is 9.89. The number of methoxy groups -OCH3 is 1. The van der Waals surface area contributed by atoms with Crippen molar-refractivity contribution < 1.29 is 9.47 Å². The summed E-state index contributed by atoms with van der Waals surface area (Å²) in [5.74, 6) is 0.915. The average molecular weight is 215 g/mol. The highest BCUT2D eigenvalue weighted by atomic mass is 16.5. The number of hydrogen-bond acceptors (Lipinski definition) is 3. The molecule has 15 heavy (non-hydrogen) atoms. The third-order valence-corrected chi connectivity index (χ3v) is 3.01. The van der Waals surface area contributed by atoms with Crippen LogP contribution in [0.3, 0.4) is 0 Å². The third kappa shape index (κ3) is 6.88. The summed E-state index contributed by atoms with van der Waals surface area (Å²) in [5, 5.41) is 3.47. The zero-order valence-corrected chi connectivity index (χ0v) is 9.96.